The second-order valence-electron chi connectivity index (χ2n) is 4.08. The van der Waals surface area contributed by atoms with E-state index in [-0.39, 0.29) is 11.6 Å². The van der Waals surface area contributed by atoms with Crippen LogP contribution in [0.1, 0.15) is 11.3 Å². The highest BCUT2D eigenvalue weighted by atomic mass is 32.2. The summed E-state index contributed by atoms with van der Waals surface area (Å²) in [5.74, 6) is -0.966. The maximum absolute atomic E-state index is 13.7. The quantitative estimate of drug-likeness (QED) is 0.838. The fourth-order valence-corrected chi connectivity index (χ4v) is 2.54. The lowest BCUT2D eigenvalue weighted by Gasteiger charge is -2.08. The maximum atomic E-state index is 13.7. The van der Waals surface area contributed by atoms with E-state index in [1.165, 1.54) is 6.07 Å². The number of halogens is 1. The summed E-state index contributed by atoms with van der Waals surface area (Å²) in [5.41, 5.74) is 6.75. The molecule has 3 N–H and O–H groups in total. The van der Waals surface area contributed by atoms with Crippen molar-refractivity contribution in [3.8, 4) is 0 Å². The first-order chi connectivity index (χ1) is 8.79. The highest BCUT2D eigenvalue weighted by Gasteiger charge is 2.22. The van der Waals surface area contributed by atoms with Gasteiger partial charge in [0.2, 0.25) is 5.88 Å². The maximum Gasteiger partial charge on any atom is 0.267 e. The SMILES string of the molecule is Cc1cc(NS(=O)(=O)c2cc(N)c(C)cc2F)on1. The second-order valence-corrected chi connectivity index (χ2v) is 5.73. The zero-order chi connectivity index (χ0) is 14.2. The number of rotatable bonds is 3. The number of nitrogens with one attached hydrogen (secondary N) is 1. The highest BCUT2D eigenvalue weighted by Crippen LogP contribution is 2.23. The number of anilines is 2. The molecule has 0 saturated carbocycles. The number of nitrogen functional groups attached to an aromatic ring is 1. The summed E-state index contributed by atoms with van der Waals surface area (Å²) < 4.78 is 44.5. The van der Waals surface area contributed by atoms with Crippen LogP contribution < -0.4 is 10.5 Å². The van der Waals surface area contributed by atoms with Gasteiger partial charge in [0.25, 0.3) is 10.0 Å². The van der Waals surface area contributed by atoms with Crippen molar-refractivity contribution in [2.45, 2.75) is 18.7 Å². The molecule has 2 aromatic rings. The van der Waals surface area contributed by atoms with Crippen molar-refractivity contribution in [2.75, 3.05) is 10.5 Å². The minimum Gasteiger partial charge on any atom is -0.398 e. The Hall–Kier alpha value is -2.09. The van der Waals surface area contributed by atoms with Crippen molar-refractivity contribution in [3.63, 3.8) is 0 Å². The van der Waals surface area contributed by atoms with Gasteiger partial charge in [-0.2, -0.15) is 0 Å². The van der Waals surface area contributed by atoms with Crippen LogP contribution in [0.2, 0.25) is 0 Å². The van der Waals surface area contributed by atoms with Gasteiger partial charge in [-0.15, -0.1) is 0 Å². The summed E-state index contributed by atoms with van der Waals surface area (Å²) in [4.78, 5) is -0.537. The van der Waals surface area contributed by atoms with Gasteiger partial charge in [-0.1, -0.05) is 5.16 Å². The van der Waals surface area contributed by atoms with Crippen molar-refractivity contribution in [1.82, 2.24) is 5.16 Å². The Morgan fingerprint density at radius 3 is 2.58 bits per heavy atom. The zero-order valence-corrected chi connectivity index (χ0v) is 11.1. The van der Waals surface area contributed by atoms with Crippen molar-refractivity contribution in [3.05, 3.63) is 35.3 Å². The molecule has 0 amide bonds. The summed E-state index contributed by atoms with van der Waals surface area (Å²) in [7, 11) is -4.11. The Morgan fingerprint density at radius 1 is 1.32 bits per heavy atom. The molecule has 0 fully saturated rings. The van der Waals surface area contributed by atoms with E-state index in [0.29, 0.717) is 11.3 Å². The molecule has 0 spiro atoms. The lowest BCUT2D eigenvalue weighted by Crippen LogP contribution is -2.15. The van der Waals surface area contributed by atoms with Gasteiger partial charge in [0.05, 0.1) is 5.69 Å². The van der Waals surface area contributed by atoms with E-state index in [4.69, 9.17) is 10.3 Å². The molecule has 0 saturated heterocycles. The number of hydrogen-bond donors (Lipinski definition) is 2. The molecule has 0 unspecified atom stereocenters. The van der Waals surface area contributed by atoms with Gasteiger partial charge in [0.1, 0.15) is 10.7 Å². The van der Waals surface area contributed by atoms with Gasteiger partial charge in [0, 0.05) is 11.8 Å². The molecule has 1 aromatic heterocycles. The predicted octanol–water partition coefficient (Wildman–Crippen LogP) is 1.81. The fraction of sp³-hybridized carbons (Fsp3) is 0.182. The Labute approximate surface area is 109 Å². The Morgan fingerprint density at radius 2 is 2.00 bits per heavy atom. The van der Waals surface area contributed by atoms with Crippen LogP contribution in [-0.4, -0.2) is 13.6 Å². The lowest BCUT2D eigenvalue weighted by molar-refractivity contribution is 0.430. The van der Waals surface area contributed by atoms with Gasteiger partial charge in [-0.05, 0) is 31.5 Å². The average Bonchev–Trinajstić information content (AvgIpc) is 2.68. The van der Waals surface area contributed by atoms with Gasteiger partial charge < -0.3 is 10.3 Å². The smallest absolute Gasteiger partial charge is 0.267 e. The van der Waals surface area contributed by atoms with E-state index in [0.717, 1.165) is 12.1 Å². The summed E-state index contributed by atoms with van der Waals surface area (Å²) in [6.07, 6.45) is 0. The fourth-order valence-electron chi connectivity index (χ4n) is 1.47. The number of hydrogen-bond acceptors (Lipinski definition) is 5. The molecule has 8 heteroatoms. The summed E-state index contributed by atoms with van der Waals surface area (Å²) in [6.45, 7) is 3.22. The van der Waals surface area contributed by atoms with Gasteiger partial charge >= 0.3 is 0 Å². The van der Waals surface area contributed by atoms with E-state index in [2.05, 4.69) is 9.88 Å². The number of aromatic nitrogens is 1. The number of benzene rings is 1. The molecule has 1 aromatic carbocycles. The molecular weight excluding hydrogens is 273 g/mol. The van der Waals surface area contributed by atoms with Gasteiger partial charge in [-0.25, -0.2) is 17.5 Å². The number of aryl methyl sites for hydroxylation is 2. The summed E-state index contributed by atoms with van der Waals surface area (Å²) >= 11 is 0. The number of nitrogens with zero attached hydrogens (tertiary/aromatic N) is 1. The molecule has 0 aliphatic heterocycles. The third-order valence-corrected chi connectivity index (χ3v) is 3.83. The van der Waals surface area contributed by atoms with Crippen LogP contribution in [-0.2, 0) is 10.0 Å². The van der Waals surface area contributed by atoms with E-state index >= 15 is 0 Å². The minimum atomic E-state index is -4.11. The minimum absolute atomic E-state index is 0.0870. The lowest BCUT2D eigenvalue weighted by atomic mass is 10.2. The van der Waals surface area contributed by atoms with Crippen LogP contribution in [0, 0.1) is 19.7 Å². The molecule has 0 radical (unpaired) electrons. The van der Waals surface area contributed by atoms with E-state index in [1.54, 1.807) is 13.8 Å². The first-order valence-electron chi connectivity index (χ1n) is 5.31. The van der Waals surface area contributed by atoms with E-state index in [1.807, 2.05) is 0 Å². The van der Waals surface area contributed by atoms with Crippen LogP contribution >= 0.6 is 0 Å². The van der Waals surface area contributed by atoms with Crippen molar-refractivity contribution < 1.29 is 17.3 Å². The molecule has 2 rings (SSSR count). The van der Waals surface area contributed by atoms with E-state index < -0.39 is 20.7 Å². The van der Waals surface area contributed by atoms with Crippen molar-refractivity contribution in [2.24, 2.45) is 0 Å². The van der Waals surface area contributed by atoms with Gasteiger partial charge in [0.15, 0.2) is 0 Å². The molecular formula is C11H12FN3O3S. The van der Waals surface area contributed by atoms with Crippen molar-refractivity contribution in [1.29, 1.82) is 0 Å². The number of sulfonamides is 1. The van der Waals surface area contributed by atoms with Crippen LogP contribution in [0.3, 0.4) is 0 Å². The Bertz CT molecular complexity index is 725. The molecule has 102 valence electrons. The number of nitrogens with two attached hydrogens (primary N) is 1. The predicted molar refractivity (Wildman–Crippen MR) is 67.6 cm³/mol. The average molecular weight is 285 g/mol. The van der Waals surface area contributed by atoms with Crippen LogP contribution in [0.4, 0.5) is 16.0 Å². The first-order valence-corrected chi connectivity index (χ1v) is 6.79. The zero-order valence-electron chi connectivity index (χ0n) is 10.3. The third kappa shape index (κ3) is 2.68. The Balaban J connectivity index is 2.42. The summed E-state index contributed by atoms with van der Waals surface area (Å²) in [5, 5.41) is 3.53. The van der Waals surface area contributed by atoms with Crippen LogP contribution in [0.15, 0.2) is 27.6 Å². The molecule has 0 atom stereocenters. The molecule has 1 heterocycles. The van der Waals surface area contributed by atoms with Crippen LogP contribution in [0.5, 0.6) is 0 Å². The molecule has 6 nitrogen and oxygen atoms in total. The van der Waals surface area contributed by atoms with Crippen LogP contribution in [0.25, 0.3) is 0 Å². The third-order valence-electron chi connectivity index (χ3n) is 2.47. The second kappa shape index (κ2) is 4.54. The van der Waals surface area contributed by atoms with Gasteiger partial charge in [-0.3, -0.25) is 0 Å². The monoisotopic (exact) mass is 285 g/mol. The van der Waals surface area contributed by atoms with Crippen molar-refractivity contribution >= 4 is 21.6 Å². The molecule has 19 heavy (non-hydrogen) atoms. The Kier molecular flexibility index (Phi) is 3.19. The normalized spacial score (nSPS) is 11.5. The standard InChI is InChI=1S/C11H12FN3O3S/c1-6-3-8(12)10(5-9(6)13)19(16,17)15-11-4-7(2)14-18-11/h3-5,15H,13H2,1-2H3. The molecule has 0 aliphatic carbocycles. The summed E-state index contributed by atoms with van der Waals surface area (Å²) in [6, 6.07) is 3.51. The largest absolute Gasteiger partial charge is 0.398 e. The molecule has 0 aliphatic rings. The first kappa shape index (κ1) is 13.3. The topological polar surface area (TPSA) is 98.2 Å². The molecule has 0 bridgehead atoms. The highest BCUT2D eigenvalue weighted by molar-refractivity contribution is 7.92. The van der Waals surface area contributed by atoms with E-state index in [9.17, 15) is 12.8 Å².